The van der Waals surface area contributed by atoms with Crippen LogP contribution in [0.1, 0.15) is 23.1 Å². The molecule has 1 aromatic heterocycles. The van der Waals surface area contributed by atoms with Crippen LogP contribution < -0.4 is 0 Å². The van der Waals surface area contributed by atoms with Crippen LogP contribution in [-0.2, 0) is 17.8 Å². The van der Waals surface area contributed by atoms with E-state index in [9.17, 15) is 4.79 Å². The number of rotatable bonds is 5. The van der Waals surface area contributed by atoms with Crippen molar-refractivity contribution in [2.24, 2.45) is 0 Å². The van der Waals surface area contributed by atoms with Crippen LogP contribution in [0, 0.1) is 6.92 Å². The molecule has 4 nitrogen and oxygen atoms in total. The lowest BCUT2D eigenvalue weighted by Gasteiger charge is -2.34. The van der Waals surface area contributed by atoms with Gasteiger partial charge in [0.15, 0.2) is 0 Å². The highest BCUT2D eigenvalue weighted by atomic mass is 16.2. The predicted octanol–water partition coefficient (Wildman–Crippen LogP) is 2.67. The van der Waals surface area contributed by atoms with E-state index in [4.69, 9.17) is 0 Å². The summed E-state index contributed by atoms with van der Waals surface area (Å²) in [5, 5.41) is 0. The van der Waals surface area contributed by atoms with E-state index in [1.165, 1.54) is 16.7 Å². The van der Waals surface area contributed by atoms with Crippen molar-refractivity contribution in [3.8, 4) is 0 Å². The zero-order valence-corrected chi connectivity index (χ0v) is 14.3. The number of amides is 1. The van der Waals surface area contributed by atoms with Gasteiger partial charge < -0.3 is 4.90 Å². The third-order valence-electron chi connectivity index (χ3n) is 4.56. The largest absolute Gasteiger partial charge is 0.340 e. The topological polar surface area (TPSA) is 36.4 Å². The second-order valence-corrected chi connectivity index (χ2v) is 6.51. The molecule has 4 heteroatoms. The first kappa shape index (κ1) is 16.7. The molecular weight excluding hydrogens is 298 g/mol. The molecule has 0 radical (unpaired) electrons. The molecule has 1 aliphatic heterocycles. The third kappa shape index (κ3) is 4.65. The van der Waals surface area contributed by atoms with Crippen molar-refractivity contribution in [3.63, 3.8) is 0 Å². The Balaban J connectivity index is 1.43. The fourth-order valence-corrected chi connectivity index (χ4v) is 3.18. The number of carbonyl (C=O) groups excluding carboxylic acids is 1. The Bertz CT molecular complexity index is 664. The van der Waals surface area contributed by atoms with Crippen molar-refractivity contribution in [1.82, 2.24) is 14.8 Å². The van der Waals surface area contributed by atoms with E-state index in [1.807, 2.05) is 17.2 Å². The summed E-state index contributed by atoms with van der Waals surface area (Å²) in [5.41, 5.74) is 3.74. The van der Waals surface area contributed by atoms with Crippen LogP contribution in [0.25, 0.3) is 0 Å². The van der Waals surface area contributed by atoms with Crippen LogP contribution in [0.2, 0.25) is 0 Å². The van der Waals surface area contributed by atoms with E-state index >= 15 is 0 Å². The molecule has 2 heterocycles. The molecule has 0 aliphatic carbocycles. The molecule has 0 spiro atoms. The standard InChI is InChI=1S/C20H25N3O/c1-17-4-2-5-18(14-17)7-8-20(24)23-12-10-22(11-13-23)16-19-6-3-9-21-15-19/h2-6,9,14-15H,7-8,10-13,16H2,1H3. The Morgan fingerprint density at radius 1 is 1.08 bits per heavy atom. The maximum Gasteiger partial charge on any atom is 0.222 e. The first-order valence-corrected chi connectivity index (χ1v) is 8.65. The maximum atomic E-state index is 12.4. The smallest absolute Gasteiger partial charge is 0.222 e. The normalized spacial score (nSPS) is 15.5. The molecule has 24 heavy (non-hydrogen) atoms. The lowest BCUT2D eigenvalue weighted by Crippen LogP contribution is -2.48. The monoisotopic (exact) mass is 323 g/mol. The minimum Gasteiger partial charge on any atom is -0.340 e. The van der Waals surface area contributed by atoms with Gasteiger partial charge in [-0.1, -0.05) is 35.9 Å². The number of carbonyl (C=O) groups is 1. The molecule has 0 bridgehead atoms. The molecule has 0 unspecified atom stereocenters. The molecule has 126 valence electrons. The number of hydrogen-bond donors (Lipinski definition) is 0. The molecule has 1 aromatic carbocycles. The molecule has 1 saturated heterocycles. The Morgan fingerprint density at radius 2 is 1.88 bits per heavy atom. The van der Waals surface area contributed by atoms with Gasteiger partial charge in [0.05, 0.1) is 0 Å². The molecular formula is C20H25N3O. The quantitative estimate of drug-likeness (QED) is 0.849. The second-order valence-electron chi connectivity index (χ2n) is 6.51. The SMILES string of the molecule is Cc1cccc(CCC(=O)N2CCN(Cc3cccnc3)CC2)c1. The van der Waals surface area contributed by atoms with Crippen LogP contribution in [0.3, 0.4) is 0 Å². The third-order valence-corrected chi connectivity index (χ3v) is 4.56. The number of piperazine rings is 1. The minimum atomic E-state index is 0.275. The first-order valence-electron chi connectivity index (χ1n) is 8.65. The van der Waals surface area contributed by atoms with Crippen molar-refractivity contribution >= 4 is 5.91 Å². The van der Waals surface area contributed by atoms with Gasteiger partial charge in [-0.2, -0.15) is 0 Å². The van der Waals surface area contributed by atoms with Gasteiger partial charge in [0, 0.05) is 51.5 Å². The zero-order valence-electron chi connectivity index (χ0n) is 14.3. The summed E-state index contributed by atoms with van der Waals surface area (Å²) in [5.74, 6) is 0.275. The Kier molecular flexibility index (Phi) is 5.59. The molecule has 0 saturated carbocycles. The van der Waals surface area contributed by atoms with Crippen LogP contribution in [0.4, 0.5) is 0 Å². The summed E-state index contributed by atoms with van der Waals surface area (Å²) in [6.45, 7) is 6.53. The zero-order chi connectivity index (χ0) is 16.8. The summed E-state index contributed by atoms with van der Waals surface area (Å²) in [7, 11) is 0. The van der Waals surface area contributed by atoms with Gasteiger partial charge in [0.2, 0.25) is 5.91 Å². The van der Waals surface area contributed by atoms with Gasteiger partial charge in [-0.05, 0) is 30.5 Å². The summed E-state index contributed by atoms with van der Waals surface area (Å²) in [4.78, 5) is 21.0. The van der Waals surface area contributed by atoms with Gasteiger partial charge in [0.25, 0.3) is 0 Å². The number of benzene rings is 1. The van der Waals surface area contributed by atoms with Gasteiger partial charge >= 0.3 is 0 Å². The van der Waals surface area contributed by atoms with E-state index in [-0.39, 0.29) is 5.91 Å². The molecule has 3 rings (SSSR count). The number of aryl methyl sites for hydroxylation is 2. The van der Waals surface area contributed by atoms with Gasteiger partial charge in [-0.25, -0.2) is 0 Å². The fourth-order valence-electron chi connectivity index (χ4n) is 3.18. The highest BCUT2D eigenvalue weighted by Crippen LogP contribution is 2.11. The van der Waals surface area contributed by atoms with Crippen LogP contribution >= 0.6 is 0 Å². The Labute approximate surface area is 144 Å². The van der Waals surface area contributed by atoms with E-state index in [0.29, 0.717) is 6.42 Å². The first-order chi connectivity index (χ1) is 11.7. The second kappa shape index (κ2) is 8.06. The van der Waals surface area contributed by atoms with Crippen LogP contribution in [0.15, 0.2) is 48.8 Å². The van der Waals surface area contributed by atoms with Crippen molar-refractivity contribution < 1.29 is 4.79 Å². The van der Waals surface area contributed by atoms with Gasteiger partial charge in [0.1, 0.15) is 0 Å². The molecule has 0 N–H and O–H groups in total. The summed E-state index contributed by atoms with van der Waals surface area (Å²) >= 11 is 0. The average molecular weight is 323 g/mol. The molecule has 2 aromatic rings. The minimum absolute atomic E-state index is 0.275. The van der Waals surface area contributed by atoms with Crippen molar-refractivity contribution in [1.29, 1.82) is 0 Å². The Morgan fingerprint density at radius 3 is 2.58 bits per heavy atom. The average Bonchev–Trinajstić information content (AvgIpc) is 2.61. The summed E-state index contributed by atoms with van der Waals surface area (Å²) in [6, 6.07) is 12.5. The van der Waals surface area contributed by atoms with Crippen molar-refractivity contribution in [2.75, 3.05) is 26.2 Å². The highest BCUT2D eigenvalue weighted by molar-refractivity contribution is 5.76. The van der Waals surface area contributed by atoms with Crippen LogP contribution in [0.5, 0.6) is 0 Å². The van der Waals surface area contributed by atoms with Crippen LogP contribution in [-0.4, -0.2) is 46.9 Å². The summed E-state index contributed by atoms with van der Waals surface area (Å²) < 4.78 is 0. The number of pyridine rings is 1. The number of nitrogens with zero attached hydrogens (tertiary/aromatic N) is 3. The molecule has 0 atom stereocenters. The fraction of sp³-hybridized carbons (Fsp3) is 0.400. The van der Waals surface area contributed by atoms with Crippen molar-refractivity contribution in [2.45, 2.75) is 26.3 Å². The molecule has 1 fully saturated rings. The van der Waals surface area contributed by atoms with Crippen molar-refractivity contribution in [3.05, 3.63) is 65.5 Å². The highest BCUT2D eigenvalue weighted by Gasteiger charge is 2.20. The Hall–Kier alpha value is -2.20. The van der Waals surface area contributed by atoms with E-state index in [0.717, 1.165) is 39.1 Å². The molecule has 1 aliphatic rings. The van der Waals surface area contributed by atoms with E-state index in [2.05, 4.69) is 47.1 Å². The molecule has 1 amide bonds. The van der Waals surface area contributed by atoms with E-state index < -0.39 is 0 Å². The lowest BCUT2D eigenvalue weighted by molar-refractivity contribution is -0.133. The number of aromatic nitrogens is 1. The summed E-state index contributed by atoms with van der Waals surface area (Å²) in [6.07, 6.45) is 5.15. The van der Waals surface area contributed by atoms with Gasteiger partial charge in [-0.3, -0.25) is 14.7 Å². The maximum absolute atomic E-state index is 12.4. The van der Waals surface area contributed by atoms with E-state index in [1.54, 1.807) is 6.20 Å². The van der Waals surface area contributed by atoms with Gasteiger partial charge in [-0.15, -0.1) is 0 Å². The number of hydrogen-bond acceptors (Lipinski definition) is 3. The lowest BCUT2D eigenvalue weighted by atomic mass is 10.1. The predicted molar refractivity (Wildman–Crippen MR) is 95.6 cm³/mol.